The highest BCUT2D eigenvalue weighted by atomic mass is 35.5. The zero-order valence-electron chi connectivity index (χ0n) is 2.17. The van der Waals surface area contributed by atoms with Crippen LogP contribution in [0.3, 0.4) is 0 Å². The Morgan fingerprint density at radius 3 is 0.800 bits per heavy atom. The smallest absolute Gasteiger partial charge is 0.147 e. The van der Waals surface area contributed by atoms with Crippen LogP contribution in [0.5, 0.6) is 0 Å². The third kappa shape index (κ3) is 187. The van der Waals surface area contributed by atoms with Gasteiger partial charge in [-0.15, -0.1) is 37.2 Å². The maximum Gasteiger partial charge on any atom is -0.147 e. The third-order valence-corrected chi connectivity index (χ3v) is 0. The van der Waals surface area contributed by atoms with E-state index in [0.29, 0.717) is 0 Å². The normalized spacial score (nSPS) is 0.400. The van der Waals surface area contributed by atoms with Crippen molar-refractivity contribution < 1.29 is 0 Å². The van der Waals surface area contributed by atoms with Crippen LogP contribution in [-0.4, -0.2) is 0 Å². The van der Waals surface area contributed by atoms with E-state index >= 15 is 0 Å². The Balaban J connectivity index is -0.00000000167. The summed E-state index contributed by atoms with van der Waals surface area (Å²) >= 11 is 0. The Morgan fingerprint density at radius 1 is 0.800 bits per heavy atom. The monoisotopic (exact) mass is 134 g/mol. The maximum atomic E-state index is 6.25. The summed E-state index contributed by atoms with van der Waals surface area (Å²) in [4.78, 5) is 0. The van der Waals surface area contributed by atoms with Crippen LogP contribution in [0, 0.1) is 11.8 Å². The van der Waals surface area contributed by atoms with Crippen LogP contribution < -0.4 is 0 Å². The summed E-state index contributed by atoms with van der Waals surface area (Å²) in [5, 5.41) is 6.25. The summed E-state index contributed by atoms with van der Waals surface area (Å²) in [6.45, 7) is 4.75. The van der Waals surface area contributed by atoms with Crippen LogP contribution in [0.15, 0.2) is 0 Å². The Hall–Kier alpha value is 0.360. The van der Waals surface area contributed by atoms with E-state index in [-0.39, 0.29) is 37.2 Å². The van der Waals surface area contributed by atoms with E-state index in [1.165, 1.54) is 0 Å². The summed E-state index contributed by atoms with van der Waals surface area (Å²) in [7, 11) is 0. The standard InChI is InChI=1S/CN.3ClH/c1-2;;;/h;3*1H/q-1;;;. The molecular formula is CH3Cl3N-. The fourth-order valence-electron chi connectivity index (χ4n) is 0. The molecule has 0 aromatic rings. The molecule has 0 unspecified atom stereocenters. The minimum absolute atomic E-state index is 0. The first-order valence-corrected chi connectivity index (χ1v) is 0.224. The number of nitrogens with zero attached hydrogens (tertiary/aromatic N) is 1. The van der Waals surface area contributed by atoms with Crippen molar-refractivity contribution in [2.75, 3.05) is 0 Å². The molecule has 0 aromatic heterocycles. The molecule has 0 atom stereocenters. The van der Waals surface area contributed by atoms with Crippen molar-refractivity contribution in [2.45, 2.75) is 0 Å². The number of halogens is 3. The van der Waals surface area contributed by atoms with Gasteiger partial charge >= 0.3 is 0 Å². The Labute approximate surface area is 49.6 Å². The highest BCUT2D eigenvalue weighted by Crippen LogP contribution is 0.692. The summed E-state index contributed by atoms with van der Waals surface area (Å²) in [6.07, 6.45) is 0. The van der Waals surface area contributed by atoms with Crippen LogP contribution >= 0.6 is 37.2 Å². The van der Waals surface area contributed by atoms with Crippen molar-refractivity contribution >= 4 is 37.2 Å². The van der Waals surface area contributed by atoms with Gasteiger partial charge < -0.3 is 11.8 Å². The molecule has 0 aromatic carbocycles. The molecule has 1 nitrogen and oxygen atoms in total. The van der Waals surface area contributed by atoms with E-state index in [0.717, 1.165) is 0 Å². The van der Waals surface area contributed by atoms with Crippen molar-refractivity contribution in [3.63, 3.8) is 0 Å². The predicted octanol–water partition coefficient (Wildman–Crippen LogP) is 1.36. The van der Waals surface area contributed by atoms with Gasteiger partial charge in [0.05, 0.1) is 0 Å². The topological polar surface area (TPSA) is 23.8 Å². The van der Waals surface area contributed by atoms with Crippen LogP contribution in [0.2, 0.25) is 0 Å². The lowest BCUT2D eigenvalue weighted by Gasteiger charge is -1.08. The zero-order chi connectivity index (χ0) is 2.00. The van der Waals surface area contributed by atoms with Crippen molar-refractivity contribution in [1.82, 2.24) is 0 Å². The summed E-state index contributed by atoms with van der Waals surface area (Å²) in [6, 6.07) is 0. The Bertz CT molecular complexity index is 11.6. The number of hydrogen-bond donors (Lipinski definition) is 0. The lowest BCUT2D eigenvalue weighted by Crippen LogP contribution is -0.530. The molecule has 0 amide bonds. The molecule has 0 spiro atoms. The minimum atomic E-state index is 0. The molecule has 0 aliphatic rings. The molecule has 0 saturated carbocycles. The van der Waals surface area contributed by atoms with E-state index < -0.39 is 0 Å². The highest BCUT2D eigenvalue weighted by Gasteiger charge is 0.0775. The van der Waals surface area contributed by atoms with Gasteiger partial charge in [0.1, 0.15) is 0 Å². The molecule has 5 heavy (non-hydrogen) atoms. The second-order valence-electron chi connectivity index (χ2n) is 0. The van der Waals surface area contributed by atoms with Crippen LogP contribution in [-0.2, 0) is 0 Å². The van der Waals surface area contributed by atoms with Crippen LogP contribution in [0.25, 0.3) is 0 Å². The van der Waals surface area contributed by atoms with E-state index in [9.17, 15) is 0 Å². The summed E-state index contributed by atoms with van der Waals surface area (Å²) in [5.74, 6) is 0. The fourth-order valence-corrected chi connectivity index (χ4v) is 0. The van der Waals surface area contributed by atoms with Gasteiger partial charge in [-0.2, -0.15) is 0 Å². The van der Waals surface area contributed by atoms with E-state index in [1.54, 1.807) is 0 Å². The Morgan fingerprint density at radius 2 is 0.800 bits per heavy atom. The van der Waals surface area contributed by atoms with Gasteiger partial charge in [-0.05, 0) is 0 Å². The highest BCUT2D eigenvalue weighted by molar-refractivity contribution is 5.86. The van der Waals surface area contributed by atoms with Gasteiger partial charge in [-0.1, -0.05) is 0 Å². The third-order valence-electron chi connectivity index (χ3n) is 0. The average molecular weight is 135 g/mol. The number of hydrogen-bond acceptors (Lipinski definition) is 1. The molecule has 34 valence electrons. The maximum absolute atomic E-state index is 6.25. The molecule has 0 saturated heterocycles. The van der Waals surface area contributed by atoms with Gasteiger partial charge in [0.15, 0.2) is 0 Å². The largest absolute Gasteiger partial charge is 0.512 e. The quantitative estimate of drug-likeness (QED) is 0.460. The van der Waals surface area contributed by atoms with Crippen molar-refractivity contribution in [2.24, 2.45) is 0 Å². The van der Waals surface area contributed by atoms with Crippen LogP contribution in [0.1, 0.15) is 0 Å². The van der Waals surface area contributed by atoms with Gasteiger partial charge in [-0.3, -0.25) is 0 Å². The number of rotatable bonds is 0. The summed E-state index contributed by atoms with van der Waals surface area (Å²) < 4.78 is 0. The molecule has 0 heterocycles. The first kappa shape index (κ1) is 55.1. The summed E-state index contributed by atoms with van der Waals surface area (Å²) in [5.41, 5.74) is 0. The molecule has 0 aliphatic heterocycles. The van der Waals surface area contributed by atoms with Gasteiger partial charge in [-0.25, -0.2) is 0 Å². The first-order valence-electron chi connectivity index (χ1n) is 0.224. The molecule has 0 bridgehead atoms. The van der Waals surface area contributed by atoms with E-state index in [4.69, 9.17) is 11.8 Å². The van der Waals surface area contributed by atoms with Gasteiger partial charge in [0.2, 0.25) is 0 Å². The zero-order valence-corrected chi connectivity index (χ0v) is 4.62. The first-order chi connectivity index (χ1) is 1.00. The van der Waals surface area contributed by atoms with Gasteiger partial charge in [0, 0.05) is 0 Å². The predicted molar refractivity (Wildman–Crippen MR) is 26.7 cm³/mol. The molecule has 0 radical (unpaired) electrons. The Kier molecular flexibility index (Phi) is 4180. The molecule has 0 N–H and O–H groups in total. The van der Waals surface area contributed by atoms with Crippen molar-refractivity contribution in [3.8, 4) is 0 Å². The van der Waals surface area contributed by atoms with E-state index in [1.807, 2.05) is 0 Å². The average Bonchev–Trinajstić information content (AvgIpc) is 1.00. The van der Waals surface area contributed by atoms with Crippen molar-refractivity contribution in [1.29, 1.82) is 5.26 Å². The second-order valence-corrected chi connectivity index (χ2v) is 0. The second kappa shape index (κ2) is 380. The lowest BCUT2D eigenvalue weighted by molar-refractivity contribution is 1.53. The molecular weight excluding hydrogens is 132 g/mol. The SMILES string of the molecule is Cl.Cl.Cl.[C-]#N. The lowest BCUT2D eigenvalue weighted by atomic mass is 11.9. The fraction of sp³-hybridized carbons (Fsp3) is 0. The van der Waals surface area contributed by atoms with Gasteiger partial charge in [0.25, 0.3) is 0 Å². The van der Waals surface area contributed by atoms with Crippen molar-refractivity contribution in [3.05, 3.63) is 6.57 Å². The van der Waals surface area contributed by atoms with Crippen LogP contribution in [0.4, 0.5) is 0 Å². The molecule has 0 fully saturated rings. The molecule has 4 heteroatoms. The van der Waals surface area contributed by atoms with E-state index in [2.05, 4.69) is 0 Å². The minimum Gasteiger partial charge on any atom is -0.512 e. The molecule has 0 rings (SSSR count). The molecule has 0 aliphatic carbocycles.